The van der Waals surface area contributed by atoms with Crippen molar-refractivity contribution in [1.29, 1.82) is 0 Å². The summed E-state index contributed by atoms with van der Waals surface area (Å²) < 4.78 is 5.75. The molecule has 0 unspecified atom stereocenters. The molecule has 17 heavy (non-hydrogen) atoms. The van der Waals surface area contributed by atoms with Gasteiger partial charge in [0.05, 0.1) is 0 Å². The molecule has 0 radical (unpaired) electrons. The minimum atomic E-state index is 0.710. The van der Waals surface area contributed by atoms with E-state index in [9.17, 15) is 0 Å². The molecule has 1 aromatic carbocycles. The highest BCUT2D eigenvalue weighted by Gasteiger charge is 2.22. The highest BCUT2D eigenvalue weighted by Crippen LogP contribution is 2.11. The Bertz CT molecular complexity index is 333. The second kappa shape index (κ2) is 6.03. The highest BCUT2D eigenvalue weighted by molar-refractivity contribution is 5.26. The van der Waals surface area contributed by atoms with E-state index >= 15 is 0 Å². The van der Waals surface area contributed by atoms with Gasteiger partial charge in [-0.2, -0.15) is 0 Å². The lowest BCUT2D eigenvalue weighted by atomic mass is 10.1. The molecule has 0 aromatic heterocycles. The SMILES string of the molecule is CCN(CCOc1ccc(C)cc1)C1CNC1. The molecule has 0 aliphatic carbocycles. The zero-order chi connectivity index (χ0) is 12.1. The number of hydrogen-bond acceptors (Lipinski definition) is 3. The van der Waals surface area contributed by atoms with Crippen LogP contribution >= 0.6 is 0 Å². The van der Waals surface area contributed by atoms with Crippen molar-refractivity contribution in [1.82, 2.24) is 10.2 Å². The van der Waals surface area contributed by atoms with Crippen molar-refractivity contribution in [2.75, 3.05) is 32.8 Å². The van der Waals surface area contributed by atoms with E-state index in [1.165, 1.54) is 5.56 Å². The van der Waals surface area contributed by atoms with E-state index in [0.29, 0.717) is 6.04 Å². The Balaban J connectivity index is 1.72. The summed E-state index contributed by atoms with van der Waals surface area (Å²) >= 11 is 0. The predicted octanol–water partition coefficient (Wildman–Crippen LogP) is 1.67. The van der Waals surface area contributed by atoms with E-state index in [0.717, 1.165) is 38.5 Å². The maximum absolute atomic E-state index is 5.75. The normalized spacial score (nSPS) is 15.9. The van der Waals surface area contributed by atoms with Crippen molar-refractivity contribution in [2.45, 2.75) is 19.9 Å². The minimum Gasteiger partial charge on any atom is -0.492 e. The minimum absolute atomic E-state index is 0.710. The highest BCUT2D eigenvalue weighted by atomic mass is 16.5. The molecule has 1 heterocycles. The van der Waals surface area contributed by atoms with E-state index in [-0.39, 0.29) is 0 Å². The lowest BCUT2D eigenvalue weighted by Gasteiger charge is -2.37. The summed E-state index contributed by atoms with van der Waals surface area (Å²) in [6.07, 6.45) is 0. The zero-order valence-electron chi connectivity index (χ0n) is 10.8. The van der Waals surface area contributed by atoms with Crippen LogP contribution in [-0.4, -0.2) is 43.7 Å². The first-order chi connectivity index (χ1) is 8.29. The smallest absolute Gasteiger partial charge is 0.119 e. The van der Waals surface area contributed by atoms with Gasteiger partial charge in [0.25, 0.3) is 0 Å². The molecule has 0 amide bonds. The van der Waals surface area contributed by atoms with Crippen molar-refractivity contribution in [3.63, 3.8) is 0 Å². The van der Waals surface area contributed by atoms with Crippen LogP contribution in [0.15, 0.2) is 24.3 Å². The number of benzene rings is 1. The maximum Gasteiger partial charge on any atom is 0.119 e. The van der Waals surface area contributed by atoms with Crippen molar-refractivity contribution in [2.24, 2.45) is 0 Å². The average Bonchev–Trinajstić information content (AvgIpc) is 2.28. The second-order valence-corrected chi connectivity index (χ2v) is 4.60. The summed E-state index contributed by atoms with van der Waals surface area (Å²) in [4.78, 5) is 2.48. The summed E-state index contributed by atoms with van der Waals surface area (Å²) in [6, 6.07) is 8.96. The van der Waals surface area contributed by atoms with Crippen LogP contribution in [0.4, 0.5) is 0 Å². The van der Waals surface area contributed by atoms with E-state index in [1.807, 2.05) is 12.1 Å². The van der Waals surface area contributed by atoms with Crippen LogP contribution in [-0.2, 0) is 0 Å². The Hall–Kier alpha value is -1.06. The third-order valence-electron chi connectivity index (χ3n) is 3.35. The Morgan fingerprint density at radius 2 is 2.00 bits per heavy atom. The monoisotopic (exact) mass is 234 g/mol. The van der Waals surface area contributed by atoms with Gasteiger partial charge in [0.1, 0.15) is 12.4 Å². The van der Waals surface area contributed by atoms with Gasteiger partial charge in [0.2, 0.25) is 0 Å². The van der Waals surface area contributed by atoms with E-state index in [1.54, 1.807) is 0 Å². The Kier molecular flexibility index (Phi) is 4.40. The standard InChI is InChI=1S/C14H22N2O/c1-3-16(13-10-15-11-13)8-9-17-14-6-4-12(2)5-7-14/h4-7,13,15H,3,8-11H2,1-2H3. The van der Waals surface area contributed by atoms with Gasteiger partial charge < -0.3 is 10.1 Å². The molecule has 2 rings (SSSR count). The lowest BCUT2D eigenvalue weighted by Crippen LogP contribution is -2.57. The van der Waals surface area contributed by atoms with Crippen molar-refractivity contribution in [3.05, 3.63) is 29.8 Å². The molecule has 3 heteroatoms. The van der Waals surface area contributed by atoms with Crippen LogP contribution < -0.4 is 10.1 Å². The molecule has 0 spiro atoms. The average molecular weight is 234 g/mol. The largest absolute Gasteiger partial charge is 0.492 e. The second-order valence-electron chi connectivity index (χ2n) is 4.60. The molecule has 1 fully saturated rings. The number of aryl methyl sites for hydroxylation is 1. The Labute approximate surface area is 104 Å². The van der Waals surface area contributed by atoms with Crippen molar-refractivity contribution in [3.8, 4) is 5.75 Å². The third-order valence-corrected chi connectivity index (χ3v) is 3.35. The van der Waals surface area contributed by atoms with Crippen LogP contribution in [0.2, 0.25) is 0 Å². The number of hydrogen-bond donors (Lipinski definition) is 1. The predicted molar refractivity (Wildman–Crippen MR) is 70.6 cm³/mol. The molecule has 0 atom stereocenters. The summed E-state index contributed by atoms with van der Waals surface area (Å²) in [5, 5.41) is 3.31. The van der Waals surface area contributed by atoms with Crippen LogP contribution in [0.1, 0.15) is 12.5 Å². The van der Waals surface area contributed by atoms with Gasteiger partial charge in [0, 0.05) is 25.7 Å². The first-order valence-electron chi connectivity index (χ1n) is 6.44. The summed E-state index contributed by atoms with van der Waals surface area (Å²) in [6.45, 7) is 9.43. The fourth-order valence-electron chi connectivity index (χ4n) is 2.05. The van der Waals surface area contributed by atoms with Gasteiger partial charge in [0.15, 0.2) is 0 Å². The molecular weight excluding hydrogens is 212 g/mol. The zero-order valence-corrected chi connectivity index (χ0v) is 10.8. The van der Waals surface area contributed by atoms with Gasteiger partial charge in [-0.3, -0.25) is 4.90 Å². The van der Waals surface area contributed by atoms with Crippen molar-refractivity contribution < 1.29 is 4.74 Å². The molecule has 1 aliphatic rings. The number of ether oxygens (including phenoxy) is 1. The lowest BCUT2D eigenvalue weighted by molar-refractivity contribution is 0.128. The van der Waals surface area contributed by atoms with Crippen LogP contribution in [0.3, 0.4) is 0 Å². The van der Waals surface area contributed by atoms with E-state index in [4.69, 9.17) is 4.74 Å². The molecule has 3 nitrogen and oxygen atoms in total. The first-order valence-corrected chi connectivity index (χ1v) is 6.44. The molecule has 1 aliphatic heterocycles. The maximum atomic E-state index is 5.75. The topological polar surface area (TPSA) is 24.5 Å². The molecule has 1 saturated heterocycles. The fraction of sp³-hybridized carbons (Fsp3) is 0.571. The number of likely N-dealkylation sites (N-methyl/N-ethyl adjacent to an activating group) is 1. The Morgan fingerprint density at radius 1 is 1.29 bits per heavy atom. The van der Waals surface area contributed by atoms with E-state index in [2.05, 4.69) is 36.2 Å². The van der Waals surface area contributed by atoms with Gasteiger partial charge in [-0.1, -0.05) is 24.6 Å². The van der Waals surface area contributed by atoms with Crippen molar-refractivity contribution >= 4 is 0 Å². The van der Waals surface area contributed by atoms with Crippen LogP contribution in [0.5, 0.6) is 5.75 Å². The fourth-order valence-corrected chi connectivity index (χ4v) is 2.05. The quantitative estimate of drug-likeness (QED) is 0.810. The number of nitrogens with one attached hydrogen (secondary N) is 1. The summed E-state index contributed by atoms with van der Waals surface area (Å²) in [7, 11) is 0. The summed E-state index contributed by atoms with van der Waals surface area (Å²) in [5.74, 6) is 0.971. The number of nitrogens with zero attached hydrogens (tertiary/aromatic N) is 1. The third kappa shape index (κ3) is 3.45. The van der Waals surface area contributed by atoms with Crippen LogP contribution in [0, 0.1) is 6.92 Å². The molecule has 0 bridgehead atoms. The molecule has 1 aromatic rings. The van der Waals surface area contributed by atoms with Gasteiger partial charge in [-0.15, -0.1) is 0 Å². The van der Waals surface area contributed by atoms with E-state index < -0.39 is 0 Å². The molecule has 0 saturated carbocycles. The molecular formula is C14H22N2O. The summed E-state index contributed by atoms with van der Waals surface area (Å²) in [5.41, 5.74) is 1.27. The first kappa shape index (κ1) is 12.4. The van der Waals surface area contributed by atoms with Gasteiger partial charge >= 0.3 is 0 Å². The number of rotatable bonds is 6. The van der Waals surface area contributed by atoms with Gasteiger partial charge in [-0.25, -0.2) is 0 Å². The molecule has 94 valence electrons. The van der Waals surface area contributed by atoms with Crippen LogP contribution in [0.25, 0.3) is 0 Å². The Morgan fingerprint density at radius 3 is 2.53 bits per heavy atom. The van der Waals surface area contributed by atoms with Gasteiger partial charge in [-0.05, 0) is 25.6 Å². The molecule has 1 N–H and O–H groups in total.